The van der Waals surface area contributed by atoms with E-state index in [4.69, 9.17) is 9.47 Å². The Morgan fingerprint density at radius 1 is 1.00 bits per heavy atom. The monoisotopic (exact) mass is 338 g/mol. The molecule has 0 spiro atoms. The number of hydrogen-bond acceptors (Lipinski definition) is 2. The molecule has 0 fully saturated rings. The summed E-state index contributed by atoms with van der Waals surface area (Å²) < 4.78 is 11.8. The third kappa shape index (κ3) is 7.23. The normalized spacial score (nSPS) is 15.8. The van der Waals surface area contributed by atoms with Gasteiger partial charge in [0.25, 0.3) is 0 Å². The highest BCUT2D eigenvalue weighted by atomic mass is 31.1. The predicted molar refractivity (Wildman–Crippen MR) is 103 cm³/mol. The van der Waals surface area contributed by atoms with Crippen LogP contribution < -0.4 is 4.74 Å². The highest BCUT2D eigenvalue weighted by Gasteiger charge is 2.27. The molecule has 3 atom stereocenters. The average molecular weight is 338 g/mol. The van der Waals surface area contributed by atoms with Gasteiger partial charge in [-0.3, -0.25) is 0 Å². The summed E-state index contributed by atoms with van der Waals surface area (Å²) in [6.45, 7) is 18.3. The molecule has 0 aliphatic rings. The lowest BCUT2D eigenvalue weighted by Gasteiger charge is -2.30. The maximum Gasteiger partial charge on any atom is 0.204 e. The van der Waals surface area contributed by atoms with Gasteiger partial charge in [0.1, 0.15) is 5.75 Å². The van der Waals surface area contributed by atoms with Gasteiger partial charge >= 0.3 is 0 Å². The minimum Gasteiger partial charge on any atom is -0.464 e. The van der Waals surface area contributed by atoms with Crippen LogP contribution in [0.3, 0.4) is 0 Å². The van der Waals surface area contributed by atoms with Crippen molar-refractivity contribution in [3.63, 3.8) is 0 Å². The molecule has 3 heteroatoms. The summed E-state index contributed by atoms with van der Waals surface area (Å²) >= 11 is 0. The van der Waals surface area contributed by atoms with Crippen LogP contribution in [0.15, 0.2) is 24.3 Å². The van der Waals surface area contributed by atoms with Gasteiger partial charge in [-0.05, 0) is 43.1 Å². The molecule has 1 aromatic carbocycles. The molecule has 0 aliphatic heterocycles. The summed E-state index contributed by atoms with van der Waals surface area (Å²) in [5.41, 5.74) is 2.36. The first-order valence-corrected chi connectivity index (χ1v) is 10.2. The van der Waals surface area contributed by atoms with Crippen LogP contribution in [0.4, 0.5) is 0 Å². The lowest BCUT2D eigenvalue weighted by molar-refractivity contribution is -0.137. The van der Waals surface area contributed by atoms with Crippen LogP contribution in [0.2, 0.25) is 0 Å². The fourth-order valence-electron chi connectivity index (χ4n) is 2.51. The average Bonchev–Trinajstić information content (AvgIpc) is 2.43. The Balaban J connectivity index is 2.82. The first-order valence-electron chi connectivity index (χ1n) is 8.62. The van der Waals surface area contributed by atoms with Crippen molar-refractivity contribution in [2.75, 3.05) is 13.3 Å². The van der Waals surface area contributed by atoms with E-state index in [2.05, 4.69) is 72.5 Å². The third-order valence-corrected chi connectivity index (χ3v) is 4.95. The second kappa shape index (κ2) is 8.49. The van der Waals surface area contributed by atoms with Gasteiger partial charge in [-0.2, -0.15) is 0 Å². The van der Waals surface area contributed by atoms with Gasteiger partial charge in [-0.1, -0.05) is 53.7 Å². The van der Waals surface area contributed by atoms with Gasteiger partial charge in [0.05, 0.1) is 0 Å². The summed E-state index contributed by atoms with van der Waals surface area (Å²) in [6, 6.07) is 8.60. The van der Waals surface area contributed by atoms with Gasteiger partial charge in [-0.25, -0.2) is 0 Å². The molecule has 0 saturated heterocycles. The zero-order valence-corrected chi connectivity index (χ0v) is 17.2. The second-order valence-electron chi connectivity index (χ2n) is 8.45. The minimum absolute atomic E-state index is 0.0474. The number of hydrogen-bond donors (Lipinski definition) is 0. The van der Waals surface area contributed by atoms with E-state index in [-0.39, 0.29) is 11.7 Å². The van der Waals surface area contributed by atoms with Crippen molar-refractivity contribution in [3.8, 4) is 5.75 Å². The summed E-state index contributed by atoms with van der Waals surface area (Å²) in [6.07, 6.45) is 0.989. The first-order chi connectivity index (χ1) is 10.6. The lowest BCUT2D eigenvalue weighted by Crippen LogP contribution is -2.34. The molecular formula is C20H35O2P. The van der Waals surface area contributed by atoms with E-state index >= 15 is 0 Å². The highest BCUT2D eigenvalue weighted by Crippen LogP contribution is 2.41. The van der Waals surface area contributed by atoms with Gasteiger partial charge in [-0.15, -0.1) is 8.58 Å². The van der Waals surface area contributed by atoms with E-state index < -0.39 is 0 Å². The zero-order chi connectivity index (χ0) is 17.7. The molecule has 1 rings (SSSR count). The van der Waals surface area contributed by atoms with Crippen molar-refractivity contribution in [1.82, 2.24) is 0 Å². The maximum atomic E-state index is 6.07. The first kappa shape index (κ1) is 20.5. The quantitative estimate of drug-likeness (QED) is 0.431. The van der Waals surface area contributed by atoms with Crippen molar-refractivity contribution in [2.45, 2.75) is 66.8 Å². The summed E-state index contributed by atoms with van der Waals surface area (Å²) in [7, 11) is 0.918. The van der Waals surface area contributed by atoms with E-state index in [1.54, 1.807) is 0 Å². The van der Waals surface area contributed by atoms with Crippen LogP contribution in [0, 0.1) is 10.8 Å². The lowest BCUT2D eigenvalue weighted by atomic mass is 9.88. The van der Waals surface area contributed by atoms with Crippen molar-refractivity contribution >= 4 is 8.58 Å². The fourth-order valence-corrected chi connectivity index (χ4v) is 3.86. The van der Waals surface area contributed by atoms with Gasteiger partial charge in [0.15, 0.2) is 0 Å². The topological polar surface area (TPSA) is 18.5 Å². The minimum atomic E-state index is -0.225. The molecule has 0 bridgehead atoms. The molecule has 2 nitrogen and oxygen atoms in total. The largest absolute Gasteiger partial charge is 0.464 e. The van der Waals surface area contributed by atoms with Crippen molar-refractivity contribution in [2.24, 2.45) is 10.8 Å². The SMILES string of the molecule is CCOC(Oc1ccc(C(CC(C)(C)C)PC)cc1)C(C)(C)C. The predicted octanol–water partition coefficient (Wildman–Crippen LogP) is 6.26. The van der Waals surface area contributed by atoms with Crippen LogP contribution in [0.1, 0.15) is 66.1 Å². The van der Waals surface area contributed by atoms with E-state index in [0.29, 0.717) is 17.7 Å². The molecule has 0 aliphatic carbocycles. The van der Waals surface area contributed by atoms with Gasteiger partial charge < -0.3 is 9.47 Å². The van der Waals surface area contributed by atoms with Crippen LogP contribution >= 0.6 is 8.58 Å². The fraction of sp³-hybridized carbons (Fsp3) is 0.700. The van der Waals surface area contributed by atoms with E-state index in [0.717, 1.165) is 14.3 Å². The third-order valence-electron chi connectivity index (χ3n) is 3.72. The van der Waals surface area contributed by atoms with Crippen molar-refractivity contribution < 1.29 is 9.47 Å². The maximum absolute atomic E-state index is 6.07. The van der Waals surface area contributed by atoms with Gasteiger partial charge in [0.2, 0.25) is 6.29 Å². The zero-order valence-electron chi connectivity index (χ0n) is 16.2. The molecule has 0 radical (unpaired) electrons. The Morgan fingerprint density at radius 3 is 1.96 bits per heavy atom. The molecule has 0 aromatic heterocycles. The van der Waals surface area contributed by atoms with Gasteiger partial charge in [0, 0.05) is 17.7 Å². The van der Waals surface area contributed by atoms with Crippen LogP contribution in [-0.4, -0.2) is 19.6 Å². The molecule has 0 saturated carbocycles. The standard InChI is InChI=1S/C20H35O2P/c1-9-21-18(20(5,6)7)22-16-12-10-15(11-13-16)17(23-8)14-19(2,3)4/h10-13,17-18,23H,9,14H2,1-8H3. The Hall–Kier alpha value is -0.590. The van der Waals surface area contributed by atoms with Crippen LogP contribution in [0.5, 0.6) is 5.75 Å². The molecular weight excluding hydrogens is 303 g/mol. The van der Waals surface area contributed by atoms with Crippen molar-refractivity contribution in [1.29, 1.82) is 0 Å². The van der Waals surface area contributed by atoms with Crippen LogP contribution in [-0.2, 0) is 4.74 Å². The Kier molecular flexibility index (Phi) is 7.55. The summed E-state index contributed by atoms with van der Waals surface area (Å²) in [5.74, 6) is 0.885. The highest BCUT2D eigenvalue weighted by molar-refractivity contribution is 7.37. The summed E-state index contributed by atoms with van der Waals surface area (Å²) in [5, 5.41) is 0. The molecule has 23 heavy (non-hydrogen) atoms. The molecule has 132 valence electrons. The Morgan fingerprint density at radius 2 is 1.57 bits per heavy atom. The Bertz CT molecular complexity index is 454. The smallest absolute Gasteiger partial charge is 0.204 e. The number of ether oxygens (including phenoxy) is 2. The number of benzene rings is 1. The van der Waals surface area contributed by atoms with E-state index in [1.165, 1.54) is 12.0 Å². The Labute approximate surface area is 145 Å². The molecule has 0 heterocycles. The van der Waals surface area contributed by atoms with Crippen LogP contribution in [0.25, 0.3) is 0 Å². The number of rotatable bonds is 7. The second-order valence-corrected chi connectivity index (χ2v) is 9.72. The molecule has 3 unspecified atom stereocenters. The van der Waals surface area contributed by atoms with E-state index in [9.17, 15) is 0 Å². The molecule has 0 N–H and O–H groups in total. The molecule has 0 amide bonds. The summed E-state index contributed by atoms with van der Waals surface area (Å²) in [4.78, 5) is 0. The van der Waals surface area contributed by atoms with E-state index in [1.807, 2.05) is 6.92 Å². The van der Waals surface area contributed by atoms with Crippen molar-refractivity contribution in [3.05, 3.63) is 29.8 Å². The molecule has 1 aromatic rings.